The van der Waals surface area contributed by atoms with E-state index in [-0.39, 0.29) is 5.91 Å². The van der Waals surface area contributed by atoms with Crippen molar-refractivity contribution in [1.29, 1.82) is 0 Å². The Labute approximate surface area is 162 Å². The van der Waals surface area contributed by atoms with Crippen LogP contribution in [-0.2, 0) is 17.8 Å². The van der Waals surface area contributed by atoms with Crippen LogP contribution in [0, 0.1) is 0 Å². The molecular weight excluding hydrogens is 350 g/mol. The molecule has 0 unspecified atom stereocenters. The molecule has 0 fully saturated rings. The standard InChI is InChI=1S/C22H21N5O/c23-13-15-3-1-4-17(11-15)25-20(28)12-14-7-9-16(10-8-14)18-5-2-6-19-21(18)22(24)27-26-19/h1-11H,12-13,23H2,(H,25,28)(H3,24,26,27). The number of hydrogen-bond acceptors (Lipinski definition) is 4. The van der Waals surface area contributed by atoms with Gasteiger partial charge in [0.05, 0.1) is 17.3 Å². The molecule has 28 heavy (non-hydrogen) atoms. The maximum atomic E-state index is 12.3. The van der Waals surface area contributed by atoms with Gasteiger partial charge in [-0.1, -0.05) is 48.5 Å². The second-order valence-electron chi connectivity index (χ2n) is 6.66. The monoisotopic (exact) mass is 371 g/mol. The van der Waals surface area contributed by atoms with E-state index in [0.717, 1.165) is 38.8 Å². The lowest BCUT2D eigenvalue weighted by Gasteiger charge is -2.08. The van der Waals surface area contributed by atoms with Crippen molar-refractivity contribution in [1.82, 2.24) is 10.2 Å². The Balaban J connectivity index is 1.50. The van der Waals surface area contributed by atoms with Gasteiger partial charge in [0.15, 0.2) is 5.82 Å². The Kier molecular flexibility index (Phi) is 4.78. The average Bonchev–Trinajstić information content (AvgIpc) is 3.10. The number of aromatic nitrogens is 2. The molecule has 0 aliphatic heterocycles. The van der Waals surface area contributed by atoms with Crippen LogP contribution in [0.15, 0.2) is 66.7 Å². The molecule has 0 saturated heterocycles. The van der Waals surface area contributed by atoms with Crippen LogP contribution < -0.4 is 16.8 Å². The highest BCUT2D eigenvalue weighted by atomic mass is 16.1. The number of carbonyl (C=O) groups is 1. The summed E-state index contributed by atoms with van der Waals surface area (Å²) < 4.78 is 0. The average molecular weight is 371 g/mol. The molecule has 1 amide bonds. The van der Waals surface area contributed by atoms with E-state index in [2.05, 4.69) is 15.5 Å². The summed E-state index contributed by atoms with van der Waals surface area (Å²) in [5.41, 5.74) is 17.3. The van der Waals surface area contributed by atoms with Crippen LogP contribution in [0.3, 0.4) is 0 Å². The number of carbonyl (C=O) groups excluding carboxylic acids is 1. The molecule has 6 N–H and O–H groups in total. The zero-order valence-electron chi connectivity index (χ0n) is 15.3. The van der Waals surface area contributed by atoms with E-state index in [4.69, 9.17) is 11.5 Å². The van der Waals surface area contributed by atoms with Gasteiger partial charge in [0.2, 0.25) is 5.91 Å². The second kappa shape index (κ2) is 7.54. The lowest BCUT2D eigenvalue weighted by Crippen LogP contribution is -2.14. The van der Waals surface area contributed by atoms with E-state index in [1.54, 1.807) is 0 Å². The van der Waals surface area contributed by atoms with E-state index in [0.29, 0.717) is 18.8 Å². The molecule has 0 radical (unpaired) electrons. The summed E-state index contributed by atoms with van der Waals surface area (Å²) in [5.74, 6) is 0.414. The minimum atomic E-state index is -0.0666. The molecule has 4 aromatic rings. The number of amides is 1. The Morgan fingerprint density at radius 1 is 1.00 bits per heavy atom. The Bertz CT molecular complexity index is 1130. The molecule has 0 atom stereocenters. The SMILES string of the molecule is NCc1cccc(NC(=O)Cc2ccc(-c3cccc4[nH]nc(N)c34)cc2)c1. The summed E-state index contributed by atoms with van der Waals surface area (Å²) in [7, 11) is 0. The third-order valence-corrected chi connectivity index (χ3v) is 4.69. The molecule has 0 bridgehead atoms. The molecular formula is C22H21N5O. The zero-order chi connectivity index (χ0) is 19.5. The van der Waals surface area contributed by atoms with Gasteiger partial charge in [0.1, 0.15) is 0 Å². The van der Waals surface area contributed by atoms with Crippen molar-refractivity contribution < 1.29 is 4.79 Å². The Morgan fingerprint density at radius 2 is 1.79 bits per heavy atom. The minimum Gasteiger partial charge on any atom is -0.382 e. The predicted molar refractivity (Wildman–Crippen MR) is 113 cm³/mol. The minimum absolute atomic E-state index is 0.0666. The number of nitrogens with two attached hydrogens (primary N) is 2. The third kappa shape index (κ3) is 3.58. The van der Waals surface area contributed by atoms with Crippen LogP contribution in [0.5, 0.6) is 0 Å². The quantitative estimate of drug-likeness (QED) is 0.431. The number of nitrogen functional groups attached to an aromatic ring is 1. The first-order valence-corrected chi connectivity index (χ1v) is 9.05. The highest BCUT2D eigenvalue weighted by Gasteiger charge is 2.10. The van der Waals surface area contributed by atoms with Crippen LogP contribution in [0.2, 0.25) is 0 Å². The molecule has 4 rings (SSSR count). The number of fused-ring (bicyclic) bond motifs is 1. The number of aromatic amines is 1. The molecule has 6 heteroatoms. The first-order chi connectivity index (χ1) is 13.6. The number of benzene rings is 3. The van der Waals surface area contributed by atoms with Crippen LogP contribution in [-0.4, -0.2) is 16.1 Å². The highest BCUT2D eigenvalue weighted by molar-refractivity contribution is 6.01. The van der Waals surface area contributed by atoms with Gasteiger partial charge in [-0.25, -0.2) is 0 Å². The van der Waals surface area contributed by atoms with Gasteiger partial charge in [0.25, 0.3) is 0 Å². The van der Waals surface area contributed by atoms with Crippen LogP contribution >= 0.6 is 0 Å². The molecule has 0 saturated carbocycles. The van der Waals surface area contributed by atoms with Crippen molar-refractivity contribution in [2.24, 2.45) is 5.73 Å². The van der Waals surface area contributed by atoms with Gasteiger partial charge in [-0.15, -0.1) is 0 Å². The van der Waals surface area contributed by atoms with Gasteiger partial charge in [-0.2, -0.15) is 5.10 Å². The van der Waals surface area contributed by atoms with E-state index in [1.165, 1.54) is 0 Å². The fourth-order valence-corrected chi connectivity index (χ4v) is 3.31. The first kappa shape index (κ1) is 17.8. The summed E-state index contributed by atoms with van der Waals surface area (Å²) in [5, 5.41) is 10.8. The number of anilines is 2. The summed E-state index contributed by atoms with van der Waals surface area (Å²) >= 11 is 0. The predicted octanol–water partition coefficient (Wildman–Crippen LogP) is 3.45. The summed E-state index contributed by atoms with van der Waals surface area (Å²) in [6.07, 6.45) is 0.297. The van der Waals surface area contributed by atoms with Gasteiger partial charge < -0.3 is 16.8 Å². The fourth-order valence-electron chi connectivity index (χ4n) is 3.31. The lowest BCUT2D eigenvalue weighted by atomic mass is 9.99. The molecule has 0 aliphatic rings. The number of rotatable bonds is 5. The summed E-state index contributed by atoms with van der Waals surface area (Å²) in [6, 6.07) is 21.4. The molecule has 1 heterocycles. The van der Waals surface area contributed by atoms with Gasteiger partial charge in [-0.3, -0.25) is 9.89 Å². The van der Waals surface area contributed by atoms with E-state index in [1.807, 2.05) is 66.7 Å². The van der Waals surface area contributed by atoms with Gasteiger partial charge in [0, 0.05) is 12.2 Å². The van der Waals surface area contributed by atoms with Crippen LogP contribution in [0.25, 0.3) is 22.0 Å². The summed E-state index contributed by atoms with van der Waals surface area (Å²) in [4.78, 5) is 12.3. The third-order valence-electron chi connectivity index (χ3n) is 4.69. The molecule has 140 valence electrons. The molecule has 0 spiro atoms. The highest BCUT2D eigenvalue weighted by Crippen LogP contribution is 2.31. The molecule has 1 aromatic heterocycles. The number of H-pyrrole nitrogens is 1. The van der Waals surface area contributed by atoms with Crippen molar-refractivity contribution >= 4 is 28.3 Å². The van der Waals surface area contributed by atoms with Crippen LogP contribution in [0.1, 0.15) is 11.1 Å². The van der Waals surface area contributed by atoms with E-state index in [9.17, 15) is 4.79 Å². The molecule has 6 nitrogen and oxygen atoms in total. The second-order valence-corrected chi connectivity index (χ2v) is 6.66. The van der Waals surface area contributed by atoms with Crippen molar-refractivity contribution in [2.75, 3.05) is 11.1 Å². The van der Waals surface area contributed by atoms with Crippen molar-refractivity contribution in [3.05, 3.63) is 77.9 Å². The maximum Gasteiger partial charge on any atom is 0.228 e. The Hall–Kier alpha value is -3.64. The topological polar surface area (TPSA) is 110 Å². The molecule has 0 aliphatic carbocycles. The number of nitrogens with one attached hydrogen (secondary N) is 2. The largest absolute Gasteiger partial charge is 0.382 e. The first-order valence-electron chi connectivity index (χ1n) is 9.05. The number of hydrogen-bond donors (Lipinski definition) is 4. The maximum absolute atomic E-state index is 12.3. The Morgan fingerprint density at radius 3 is 2.57 bits per heavy atom. The zero-order valence-corrected chi connectivity index (χ0v) is 15.3. The van der Waals surface area contributed by atoms with E-state index >= 15 is 0 Å². The fraction of sp³-hybridized carbons (Fsp3) is 0.0909. The van der Waals surface area contributed by atoms with Gasteiger partial charge in [-0.05, 0) is 40.5 Å². The van der Waals surface area contributed by atoms with Gasteiger partial charge >= 0.3 is 0 Å². The lowest BCUT2D eigenvalue weighted by molar-refractivity contribution is -0.115. The molecule has 3 aromatic carbocycles. The van der Waals surface area contributed by atoms with Crippen molar-refractivity contribution in [3.63, 3.8) is 0 Å². The normalized spacial score (nSPS) is 10.9. The smallest absolute Gasteiger partial charge is 0.228 e. The van der Waals surface area contributed by atoms with E-state index < -0.39 is 0 Å². The van der Waals surface area contributed by atoms with Crippen molar-refractivity contribution in [3.8, 4) is 11.1 Å². The van der Waals surface area contributed by atoms with Crippen LogP contribution in [0.4, 0.5) is 11.5 Å². The number of nitrogens with zero attached hydrogens (tertiary/aromatic N) is 1. The van der Waals surface area contributed by atoms with Crippen molar-refractivity contribution in [2.45, 2.75) is 13.0 Å². The summed E-state index contributed by atoms with van der Waals surface area (Å²) in [6.45, 7) is 0.444.